The highest BCUT2D eigenvalue weighted by Gasteiger charge is 2.24. The van der Waals surface area contributed by atoms with Crippen molar-refractivity contribution < 1.29 is 5.11 Å². The van der Waals surface area contributed by atoms with Crippen LogP contribution >= 0.6 is 0 Å². The Labute approximate surface area is 110 Å². The molecule has 3 nitrogen and oxygen atoms in total. The van der Waals surface area contributed by atoms with Crippen LogP contribution in [0.2, 0.25) is 0 Å². The maximum absolute atomic E-state index is 10.3. The van der Waals surface area contributed by atoms with Crippen molar-refractivity contribution >= 4 is 0 Å². The molecular weight excluding hydrogens is 224 g/mol. The quantitative estimate of drug-likeness (QED) is 0.834. The number of likely N-dealkylation sites (N-methyl/N-ethyl adjacent to an activating group) is 1. The number of aliphatic hydroxyl groups is 1. The average Bonchev–Trinajstić information content (AvgIpc) is 2.42. The highest BCUT2D eigenvalue weighted by atomic mass is 16.3. The minimum absolute atomic E-state index is 0.372. The van der Waals surface area contributed by atoms with Gasteiger partial charge in [-0.1, -0.05) is 36.8 Å². The van der Waals surface area contributed by atoms with E-state index in [1.807, 2.05) is 37.4 Å². The Balaban J connectivity index is 1.94. The number of hydrogen-bond donors (Lipinski definition) is 2. The Morgan fingerprint density at radius 3 is 2.83 bits per heavy atom. The van der Waals surface area contributed by atoms with Crippen LogP contribution in [0.5, 0.6) is 0 Å². The van der Waals surface area contributed by atoms with Crippen LogP contribution in [0.3, 0.4) is 0 Å². The molecule has 2 rings (SSSR count). The smallest absolute Gasteiger partial charge is 0.0917 e. The number of piperidine rings is 1. The van der Waals surface area contributed by atoms with Gasteiger partial charge in [0.15, 0.2) is 0 Å². The van der Waals surface area contributed by atoms with Crippen molar-refractivity contribution in [3.05, 3.63) is 35.9 Å². The zero-order valence-electron chi connectivity index (χ0n) is 11.2. The minimum atomic E-state index is -0.372. The van der Waals surface area contributed by atoms with Crippen molar-refractivity contribution in [2.45, 2.75) is 31.4 Å². The van der Waals surface area contributed by atoms with Gasteiger partial charge in [-0.2, -0.15) is 0 Å². The fourth-order valence-corrected chi connectivity index (χ4v) is 2.77. The van der Waals surface area contributed by atoms with Gasteiger partial charge in [0.25, 0.3) is 0 Å². The van der Waals surface area contributed by atoms with Crippen LogP contribution in [-0.2, 0) is 0 Å². The number of likely N-dealkylation sites (tertiary alicyclic amines) is 1. The van der Waals surface area contributed by atoms with Crippen LogP contribution in [-0.4, -0.2) is 42.7 Å². The number of nitrogens with one attached hydrogen (secondary N) is 1. The molecule has 0 amide bonds. The maximum Gasteiger partial charge on any atom is 0.0917 e. The first-order valence-electron chi connectivity index (χ1n) is 6.93. The molecule has 0 aromatic heterocycles. The number of benzene rings is 1. The molecule has 1 aromatic rings. The van der Waals surface area contributed by atoms with Crippen LogP contribution < -0.4 is 5.32 Å². The third kappa shape index (κ3) is 3.55. The summed E-state index contributed by atoms with van der Waals surface area (Å²) in [5.74, 6) is 0. The van der Waals surface area contributed by atoms with Crippen molar-refractivity contribution in [1.29, 1.82) is 0 Å². The lowest BCUT2D eigenvalue weighted by Crippen LogP contribution is -2.46. The molecule has 0 radical (unpaired) electrons. The Hall–Kier alpha value is -0.900. The monoisotopic (exact) mass is 248 g/mol. The topological polar surface area (TPSA) is 35.5 Å². The van der Waals surface area contributed by atoms with Crippen molar-refractivity contribution in [2.24, 2.45) is 0 Å². The Bertz CT molecular complexity index is 340. The molecular formula is C15H24N2O. The highest BCUT2D eigenvalue weighted by Crippen LogP contribution is 2.21. The van der Waals surface area contributed by atoms with Gasteiger partial charge in [-0.15, -0.1) is 0 Å². The summed E-state index contributed by atoms with van der Waals surface area (Å²) < 4.78 is 0. The molecule has 0 saturated carbocycles. The molecule has 1 fully saturated rings. The summed E-state index contributed by atoms with van der Waals surface area (Å²) in [7, 11) is 2.00. The number of nitrogens with zero attached hydrogens (tertiary/aromatic N) is 1. The molecule has 18 heavy (non-hydrogen) atoms. The van der Waals surface area contributed by atoms with Gasteiger partial charge in [0, 0.05) is 19.1 Å². The summed E-state index contributed by atoms with van der Waals surface area (Å²) in [5.41, 5.74) is 1.02. The van der Waals surface area contributed by atoms with Crippen LogP contribution in [0, 0.1) is 0 Å². The molecule has 1 aromatic carbocycles. The SMILES string of the molecule is CNCC1CCCCN1CC(O)c1ccccc1. The number of β-amino-alcohol motifs (C(OH)–C–C–N with tert-alkyl or cyclic N) is 1. The molecule has 2 atom stereocenters. The average molecular weight is 248 g/mol. The second-order valence-corrected chi connectivity index (χ2v) is 5.13. The van der Waals surface area contributed by atoms with E-state index < -0.39 is 0 Å². The van der Waals surface area contributed by atoms with Gasteiger partial charge in [0.1, 0.15) is 0 Å². The van der Waals surface area contributed by atoms with E-state index in [9.17, 15) is 5.11 Å². The molecule has 1 saturated heterocycles. The fraction of sp³-hybridized carbons (Fsp3) is 0.600. The first-order chi connectivity index (χ1) is 8.81. The zero-order valence-corrected chi connectivity index (χ0v) is 11.2. The Kier molecular flexibility index (Phi) is 5.17. The lowest BCUT2D eigenvalue weighted by atomic mass is 10.0. The third-order valence-electron chi connectivity index (χ3n) is 3.78. The van der Waals surface area contributed by atoms with E-state index in [2.05, 4.69) is 10.2 Å². The Morgan fingerprint density at radius 2 is 2.11 bits per heavy atom. The van der Waals surface area contributed by atoms with Crippen LogP contribution in [0.15, 0.2) is 30.3 Å². The van der Waals surface area contributed by atoms with E-state index in [4.69, 9.17) is 0 Å². The maximum atomic E-state index is 10.3. The Morgan fingerprint density at radius 1 is 1.33 bits per heavy atom. The van der Waals surface area contributed by atoms with Gasteiger partial charge in [0.05, 0.1) is 6.10 Å². The van der Waals surface area contributed by atoms with Crippen molar-refractivity contribution in [2.75, 3.05) is 26.7 Å². The van der Waals surface area contributed by atoms with Crippen LogP contribution in [0.1, 0.15) is 30.9 Å². The molecule has 1 heterocycles. The summed E-state index contributed by atoms with van der Waals surface area (Å²) in [4.78, 5) is 2.43. The largest absolute Gasteiger partial charge is 0.387 e. The molecule has 100 valence electrons. The standard InChI is InChI=1S/C15H24N2O/c1-16-11-14-9-5-6-10-17(14)12-15(18)13-7-3-2-4-8-13/h2-4,7-8,14-16,18H,5-6,9-12H2,1H3. The molecule has 0 aliphatic carbocycles. The second-order valence-electron chi connectivity index (χ2n) is 5.13. The molecule has 1 aliphatic rings. The van der Waals surface area contributed by atoms with Crippen LogP contribution in [0.25, 0.3) is 0 Å². The van der Waals surface area contributed by atoms with Gasteiger partial charge in [-0.05, 0) is 32.0 Å². The number of hydrogen-bond acceptors (Lipinski definition) is 3. The van der Waals surface area contributed by atoms with Gasteiger partial charge < -0.3 is 10.4 Å². The minimum Gasteiger partial charge on any atom is -0.387 e. The van der Waals surface area contributed by atoms with E-state index in [0.717, 1.165) is 25.2 Å². The van der Waals surface area contributed by atoms with Crippen molar-refractivity contribution in [1.82, 2.24) is 10.2 Å². The highest BCUT2D eigenvalue weighted by molar-refractivity contribution is 5.17. The van der Waals surface area contributed by atoms with Gasteiger partial charge in [0.2, 0.25) is 0 Å². The molecule has 0 bridgehead atoms. The summed E-state index contributed by atoms with van der Waals surface area (Å²) in [6.45, 7) is 2.87. The first-order valence-corrected chi connectivity index (χ1v) is 6.93. The second kappa shape index (κ2) is 6.88. The molecule has 0 spiro atoms. The molecule has 1 aliphatic heterocycles. The van der Waals surface area contributed by atoms with Gasteiger partial charge in [-0.3, -0.25) is 4.90 Å². The molecule has 2 unspecified atom stereocenters. The summed E-state index contributed by atoms with van der Waals surface area (Å²) in [5, 5.41) is 13.6. The summed E-state index contributed by atoms with van der Waals surface area (Å²) >= 11 is 0. The third-order valence-corrected chi connectivity index (χ3v) is 3.78. The zero-order chi connectivity index (χ0) is 12.8. The van der Waals surface area contributed by atoms with Gasteiger partial charge in [-0.25, -0.2) is 0 Å². The molecule has 3 heteroatoms. The van der Waals surface area contributed by atoms with E-state index in [1.165, 1.54) is 19.3 Å². The van der Waals surface area contributed by atoms with E-state index in [-0.39, 0.29) is 6.10 Å². The summed E-state index contributed by atoms with van der Waals surface area (Å²) in [6.07, 6.45) is 3.43. The van der Waals surface area contributed by atoms with Gasteiger partial charge >= 0.3 is 0 Å². The van der Waals surface area contributed by atoms with Crippen molar-refractivity contribution in [3.8, 4) is 0 Å². The normalized spacial score (nSPS) is 22.9. The van der Waals surface area contributed by atoms with E-state index in [1.54, 1.807) is 0 Å². The van der Waals surface area contributed by atoms with Crippen LogP contribution in [0.4, 0.5) is 0 Å². The van der Waals surface area contributed by atoms with E-state index >= 15 is 0 Å². The predicted molar refractivity (Wildman–Crippen MR) is 74.5 cm³/mol. The lowest BCUT2D eigenvalue weighted by Gasteiger charge is -2.36. The first kappa shape index (κ1) is 13.5. The number of rotatable bonds is 5. The molecule has 2 N–H and O–H groups in total. The number of aliphatic hydroxyl groups excluding tert-OH is 1. The fourth-order valence-electron chi connectivity index (χ4n) is 2.77. The summed E-state index contributed by atoms with van der Waals surface area (Å²) in [6, 6.07) is 10.5. The lowest BCUT2D eigenvalue weighted by molar-refractivity contribution is 0.0675. The van der Waals surface area contributed by atoms with Crippen molar-refractivity contribution in [3.63, 3.8) is 0 Å². The van der Waals surface area contributed by atoms with E-state index in [0.29, 0.717) is 6.04 Å². The predicted octanol–water partition coefficient (Wildman–Crippen LogP) is 1.79.